The van der Waals surface area contributed by atoms with Gasteiger partial charge in [-0.3, -0.25) is 15.6 Å². The lowest BCUT2D eigenvalue weighted by Gasteiger charge is -2.33. The van der Waals surface area contributed by atoms with Crippen molar-refractivity contribution >= 4 is 28.3 Å². The molecule has 2 aliphatic heterocycles. The van der Waals surface area contributed by atoms with Crippen LogP contribution in [0.5, 0.6) is 0 Å². The molecule has 0 radical (unpaired) electrons. The number of carbonyl (C=O) groups is 1. The first kappa shape index (κ1) is 19.9. The number of fused-ring (bicyclic) bond motifs is 1. The van der Waals surface area contributed by atoms with E-state index in [0.29, 0.717) is 17.3 Å². The maximum absolute atomic E-state index is 12.9. The highest BCUT2D eigenvalue weighted by molar-refractivity contribution is 6.04. The fourth-order valence-electron chi connectivity index (χ4n) is 4.14. The number of benzene rings is 1. The largest absolute Gasteiger partial charge is 0.354 e. The van der Waals surface area contributed by atoms with Gasteiger partial charge >= 0.3 is 0 Å². The van der Waals surface area contributed by atoms with Crippen molar-refractivity contribution in [1.82, 2.24) is 25.7 Å². The van der Waals surface area contributed by atoms with Crippen LogP contribution in [0.4, 0.5) is 11.6 Å². The number of pyridine rings is 2. The Morgan fingerprint density at radius 2 is 1.81 bits per heavy atom. The molecular weight excluding hydrogens is 390 g/mol. The van der Waals surface area contributed by atoms with E-state index in [2.05, 4.69) is 61.2 Å². The molecule has 4 heterocycles. The van der Waals surface area contributed by atoms with Crippen LogP contribution in [-0.2, 0) is 0 Å². The van der Waals surface area contributed by atoms with Gasteiger partial charge in [0.2, 0.25) is 0 Å². The number of anilines is 2. The number of rotatable bonds is 4. The summed E-state index contributed by atoms with van der Waals surface area (Å²) >= 11 is 0. The van der Waals surface area contributed by atoms with Crippen molar-refractivity contribution in [3.05, 3.63) is 59.9 Å². The van der Waals surface area contributed by atoms with Gasteiger partial charge in [0.25, 0.3) is 5.91 Å². The number of hydrogen-bond acceptors (Lipinski definition) is 7. The summed E-state index contributed by atoms with van der Waals surface area (Å²) in [6.07, 6.45) is 3.51. The molecule has 8 nitrogen and oxygen atoms in total. The summed E-state index contributed by atoms with van der Waals surface area (Å²) < 4.78 is 0. The number of hydrogen-bond donors (Lipinski definition) is 3. The molecular formula is C23H27N7O. The number of hydrazine groups is 1. The Balaban J connectivity index is 1.33. The summed E-state index contributed by atoms with van der Waals surface area (Å²) in [5, 5.41) is 5.08. The van der Waals surface area contributed by atoms with Gasteiger partial charge in [0.05, 0.1) is 0 Å². The molecule has 5 rings (SSSR count). The Bertz CT molecular complexity index is 1090. The summed E-state index contributed by atoms with van der Waals surface area (Å²) in [6.45, 7) is 5.64. The molecule has 2 saturated heterocycles. The topological polar surface area (TPSA) is 85.4 Å². The average molecular weight is 418 g/mol. The van der Waals surface area contributed by atoms with Crippen LogP contribution in [0, 0.1) is 0 Å². The zero-order chi connectivity index (χ0) is 21.2. The van der Waals surface area contributed by atoms with Crippen LogP contribution in [0.3, 0.4) is 0 Å². The fraction of sp³-hybridized carbons (Fsp3) is 0.348. The normalized spacial score (nSPS) is 17.9. The first-order valence-corrected chi connectivity index (χ1v) is 10.7. The van der Waals surface area contributed by atoms with Crippen LogP contribution in [0.2, 0.25) is 0 Å². The van der Waals surface area contributed by atoms with Gasteiger partial charge < -0.3 is 15.1 Å². The predicted molar refractivity (Wildman–Crippen MR) is 122 cm³/mol. The SMILES string of the molecule is CN1CCN(c2cc(C(=O)Nc3cc4cc(C5CNNC5)ccc4cn3)ccn2)CC1. The third-order valence-electron chi connectivity index (χ3n) is 6.12. The summed E-state index contributed by atoms with van der Waals surface area (Å²) in [6, 6.07) is 12.0. The van der Waals surface area contributed by atoms with Gasteiger partial charge in [-0.15, -0.1) is 0 Å². The van der Waals surface area contributed by atoms with Crippen LogP contribution < -0.4 is 21.1 Å². The van der Waals surface area contributed by atoms with Gasteiger partial charge in [-0.1, -0.05) is 18.2 Å². The van der Waals surface area contributed by atoms with E-state index in [1.54, 1.807) is 12.3 Å². The van der Waals surface area contributed by atoms with Crippen molar-refractivity contribution in [2.75, 3.05) is 56.5 Å². The van der Waals surface area contributed by atoms with Gasteiger partial charge in [-0.25, -0.2) is 9.97 Å². The standard InChI is InChI=1S/C23H27N7O/c1-29-6-8-30(9-7-29)22-12-17(4-5-24-22)23(31)28-21-11-19-10-16(20-14-26-27-15-20)2-3-18(19)13-25-21/h2-5,10-13,20,26-27H,6-9,14-15H2,1H3,(H,25,28,31). The third kappa shape index (κ3) is 4.36. The zero-order valence-corrected chi connectivity index (χ0v) is 17.6. The maximum Gasteiger partial charge on any atom is 0.257 e. The minimum Gasteiger partial charge on any atom is -0.354 e. The Morgan fingerprint density at radius 3 is 2.61 bits per heavy atom. The lowest BCUT2D eigenvalue weighted by atomic mass is 9.98. The molecule has 3 aromatic rings. The predicted octanol–water partition coefficient (Wildman–Crippen LogP) is 1.83. The number of piperazine rings is 1. The second kappa shape index (κ2) is 8.58. The molecule has 2 aromatic heterocycles. The lowest BCUT2D eigenvalue weighted by Crippen LogP contribution is -2.44. The molecule has 2 fully saturated rings. The monoisotopic (exact) mass is 417 g/mol. The summed E-state index contributed by atoms with van der Waals surface area (Å²) in [7, 11) is 2.12. The number of amides is 1. The summed E-state index contributed by atoms with van der Waals surface area (Å²) in [5.41, 5.74) is 8.21. The molecule has 0 unspecified atom stereocenters. The van der Waals surface area contributed by atoms with Gasteiger partial charge in [0.1, 0.15) is 11.6 Å². The molecule has 1 amide bonds. The van der Waals surface area contributed by atoms with E-state index in [4.69, 9.17) is 0 Å². The molecule has 0 atom stereocenters. The molecule has 8 heteroatoms. The first-order chi connectivity index (χ1) is 15.2. The smallest absolute Gasteiger partial charge is 0.257 e. The minimum atomic E-state index is -0.176. The van der Waals surface area contributed by atoms with Crippen molar-refractivity contribution < 1.29 is 4.79 Å². The molecule has 2 aliphatic rings. The molecule has 0 bridgehead atoms. The van der Waals surface area contributed by atoms with Gasteiger partial charge in [0, 0.05) is 68.5 Å². The van der Waals surface area contributed by atoms with E-state index < -0.39 is 0 Å². The second-order valence-electron chi connectivity index (χ2n) is 8.28. The highest BCUT2D eigenvalue weighted by Crippen LogP contribution is 2.24. The average Bonchev–Trinajstić information content (AvgIpc) is 3.34. The van der Waals surface area contributed by atoms with Crippen molar-refractivity contribution in [3.63, 3.8) is 0 Å². The van der Waals surface area contributed by atoms with E-state index in [1.807, 2.05) is 18.3 Å². The lowest BCUT2D eigenvalue weighted by molar-refractivity contribution is 0.102. The van der Waals surface area contributed by atoms with Crippen LogP contribution >= 0.6 is 0 Å². The third-order valence-corrected chi connectivity index (χ3v) is 6.12. The Labute approximate surface area is 181 Å². The number of carbonyl (C=O) groups excluding carboxylic acids is 1. The number of likely N-dealkylation sites (N-methyl/N-ethyl adjacent to an activating group) is 1. The van der Waals surface area contributed by atoms with E-state index in [1.165, 1.54) is 5.56 Å². The molecule has 1 aromatic carbocycles. The highest BCUT2D eigenvalue weighted by Gasteiger charge is 2.18. The van der Waals surface area contributed by atoms with E-state index >= 15 is 0 Å². The Morgan fingerprint density at radius 1 is 1.00 bits per heavy atom. The van der Waals surface area contributed by atoms with Crippen LogP contribution in [0.1, 0.15) is 21.8 Å². The van der Waals surface area contributed by atoms with Crippen molar-refractivity contribution in [3.8, 4) is 0 Å². The second-order valence-corrected chi connectivity index (χ2v) is 8.28. The van der Waals surface area contributed by atoms with Gasteiger partial charge in [-0.05, 0) is 36.2 Å². The maximum atomic E-state index is 12.9. The quantitative estimate of drug-likeness (QED) is 0.597. The van der Waals surface area contributed by atoms with Crippen molar-refractivity contribution in [2.24, 2.45) is 0 Å². The summed E-state index contributed by atoms with van der Waals surface area (Å²) in [4.78, 5) is 26.3. The summed E-state index contributed by atoms with van der Waals surface area (Å²) in [5.74, 6) is 1.66. The number of nitrogens with one attached hydrogen (secondary N) is 3. The number of aromatic nitrogens is 2. The Kier molecular flexibility index (Phi) is 5.50. The molecule has 3 N–H and O–H groups in total. The van der Waals surface area contributed by atoms with Crippen LogP contribution in [-0.4, -0.2) is 67.1 Å². The minimum absolute atomic E-state index is 0.176. The Hall–Kier alpha value is -3.07. The molecule has 0 aliphatic carbocycles. The highest BCUT2D eigenvalue weighted by atomic mass is 16.1. The zero-order valence-electron chi connectivity index (χ0n) is 17.6. The molecule has 0 spiro atoms. The van der Waals surface area contributed by atoms with E-state index in [0.717, 1.165) is 55.9 Å². The van der Waals surface area contributed by atoms with Gasteiger partial charge in [-0.2, -0.15) is 0 Å². The van der Waals surface area contributed by atoms with Crippen LogP contribution in [0.25, 0.3) is 10.8 Å². The van der Waals surface area contributed by atoms with E-state index in [-0.39, 0.29) is 5.91 Å². The van der Waals surface area contributed by atoms with Crippen molar-refractivity contribution in [1.29, 1.82) is 0 Å². The first-order valence-electron chi connectivity index (χ1n) is 10.7. The van der Waals surface area contributed by atoms with E-state index in [9.17, 15) is 4.79 Å². The molecule has 31 heavy (non-hydrogen) atoms. The number of nitrogens with zero attached hydrogens (tertiary/aromatic N) is 4. The van der Waals surface area contributed by atoms with Crippen molar-refractivity contribution in [2.45, 2.75) is 5.92 Å². The van der Waals surface area contributed by atoms with Crippen LogP contribution in [0.15, 0.2) is 48.8 Å². The van der Waals surface area contributed by atoms with Gasteiger partial charge in [0.15, 0.2) is 0 Å². The molecule has 0 saturated carbocycles. The molecule has 160 valence electrons. The fourth-order valence-corrected chi connectivity index (χ4v) is 4.14.